The van der Waals surface area contributed by atoms with Crippen molar-refractivity contribution in [2.75, 3.05) is 0 Å². The van der Waals surface area contributed by atoms with Crippen LogP contribution < -0.4 is 0 Å². The van der Waals surface area contributed by atoms with Crippen LogP contribution in [0.3, 0.4) is 0 Å². The van der Waals surface area contributed by atoms with Crippen molar-refractivity contribution in [1.29, 1.82) is 0 Å². The van der Waals surface area contributed by atoms with Crippen molar-refractivity contribution in [2.45, 2.75) is 100 Å². The van der Waals surface area contributed by atoms with E-state index in [1.165, 1.54) is 44.9 Å². The molecule has 0 aromatic heterocycles. The van der Waals surface area contributed by atoms with Gasteiger partial charge in [-0.2, -0.15) is 0 Å². The lowest BCUT2D eigenvalue weighted by molar-refractivity contribution is -0.00951. The highest BCUT2D eigenvalue weighted by molar-refractivity contribution is 4.98. The van der Waals surface area contributed by atoms with Crippen molar-refractivity contribution < 1.29 is 0 Å². The Bertz CT molecular complexity index is 426. The standard InChI is InChI=1S/C25H46/c1-16-11-22-17(2)9-10-21(23(22)12-16)18-13-19(24(3,4)5)15-20(14-18)25(6,7)8/h16-23H,9-15H2,1-8H3. The SMILES string of the molecule is CC1CC2C(C)CCC(C3CC(C(C)(C)C)CC(C(C)(C)C)C3)C2C1. The monoisotopic (exact) mass is 346 g/mol. The molecule has 0 saturated heterocycles. The maximum atomic E-state index is 2.56. The zero-order valence-corrected chi connectivity index (χ0v) is 18.6. The molecule has 7 atom stereocenters. The normalized spacial score (nSPS) is 46.1. The van der Waals surface area contributed by atoms with E-state index in [0.29, 0.717) is 10.8 Å². The van der Waals surface area contributed by atoms with Gasteiger partial charge in [-0.15, -0.1) is 0 Å². The van der Waals surface area contributed by atoms with Gasteiger partial charge in [0.1, 0.15) is 0 Å². The fourth-order valence-corrected chi connectivity index (χ4v) is 7.12. The van der Waals surface area contributed by atoms with Crippen LogP contribution in [0.15, 0.2) is 0 Å². The van der Waals surface area contributed by atoms with Gasteiger partial charge in [0.15, 0.2) is 0 Å². The first-order chi connectivity index (χ1) is 11.5. The molecule has 0 amide bonds. The summed E-state index contributed by atoms with van der Waals surface area (Å²) in [5.74, 6) is 7.98. The minimum atomic E-state index is 0.479. The lowest BCUT2D eigenvalue weighted by Crippen LogP contribution is -2.42. The van der Waals surface area contributed by atoms with E-state index in [0.717, 1.165) is 47.3 Å². The first kappa shape index (κ1) is 19.8. The van der Waals surface area contributed by atoms with E-state index in [4.69, 9.17) is 0 Å². The Morgan fingerprint density at radius 3 is 1.60 bits per heavy atom. The lowest BCUT2D eigenvalue weighted by atomic mass is 9.55. The summed E-state index contributed by atoms with van der Waals surface area (Å²) >= 11 is 0. The fraction of sp³-hybridized carbons (Fsp3) is 1.00. The van der Waals surface area contributed by atoms with Crippen LogP contribution in [0, 0.1) is 58.2 Å². The first-order valence-corrected chi connectivity index (χ1v) is 11.5. The molecular weight excluding hydrogens is 300 g/mol. The Labute approximate surface area is 158 Å². The van der Waals surface area contributed by atoms with Crippen LogP contribution in [0.1, 0.15) is 100 Å². The third-order valence-electron chi connectivity index (χ3n) is 8.93. The molecule has 3 saturated carbocycles. The van der Waals surface area contributed by atoms with E-state index in [1.54, 1.807) is 0 Å². The molecule has 3 rings (SSSR count). The van der Waals surface area contributed by atoms with Crippen LogP contribution in [0.25, 0.3) is 0 Å². The smallest absolute Gasteiger partial charge is 0.0350 e. The molecule has 3 aliphatic rings. The summed E-state index contributed by atoms with van der Waals surface area (Å²) in [6, 6.07) is 0. The van der Waals surface area contributed by atoms with Gasteiger partial charge in [-0.1, -0.05) is 61.8 Å². The molecule has 0 heterocycles. The maximum Gasteiger partial charge on any atom is -0.0350 e. The van der Waals surface area contributed by atoms with Gasteiger partial charge in [-0.05, 0) is 96.7 Å². The van der Waals surface area contributed by atoms with E-state index in [1.807, 2.05) is 0 Å². The predicted octanol–water partition coefficient (Wildman–Crippen LogP) is 7.82. The number of hydrogen-bond acceptors (Lipinski definition) is 0. The number of hydrogen-bond donors (Lipinski definition) is 0. The Balaban J connectivity index is 1.81. The minimum absolute atomic E-state index is 0.479. The second-order valence-corrected chi connectivity index (χ2v) is 12.7. The fourth-order valence-electron chi connectivity index (χ4n) is 7.12. The molecule has 0 heteroatoms. The summed E-state index contributed by atoms with van der Waals surface area (Å²) in [6.07, 6.45) is 10.6. The van der Waals surface area contributed by atoms with Crippen LogP contribution in [-0.4, -0.2) is 0 Å². The molecule has 0 N–H and O–H groups in total. The Morgan fingerprint density at radius 2 is 1.08 bits per heavy atom. The average Bonchev–Trinajstić information content (AvgIpc) is 2.88. The summed E-state index contributed by atoms with van der Waals surface area (Å²) < 4.78 is 0. The van der Waals surface area contributed by atoms with Crippen molar-refractivity contribution in [3.8, 4) is 0 Å². The Morgan fingerprint density at radius 1 is 0.560 bits per heavy atom. The van der Waals surface area contributed by atoms with Crippen molar-refractivity contribution in [1.82, 2.24) is 0 Å². The van der Waals surface area contributed by atoms with Crippen molar-refractivity contribution in [3.63, 3.8) is 0 Å². The van der Waals surface area contributed by atoms with Crippen LogP contribution in [0.5, 0.6) is 0 Å². The van der Waals surface area contributed by atoms with Gasteiger partial charge in [0, 0.05) is 0 Å². The predicted molar refractivity (Wildman–Crippen MR) is 110 cm³/mol. The zero-order valence-electron chi connectivity index (χ0n) is 18.6. The molecule has 146 valence electrons. The highest BCUT2D eigenvalue weighted by Crippen LogP contribution is 2.57. The molecule has 0 spiro atoms. The molecule has 0 aromatic rings. The van der Waals surface area contributed by atoms with Crippen LogP contribution in [0.2, 0.25) is 0 Å². The van der Waals surface area contributed by atoms with Crippen LogP contribution in [-0.2, 0) is 0 Å². The maximum absolute atomic E-state index is 2.56. The van der Waals surface area contributed by atoms with Gasteiger partial charge < -0.3 is 0 Å². The second-order valence-electron chi connectivity index (χ2n) is 12.7. The molecule has 0 radical (unpaired) electrons. The summed E-state index contributed by atoms with van der Waals surface area (Å²) in [5, 5.41) is 0. The van der Waals surface area contributed by atoms with Crippen molar-refractivity contribution in [2.24, 2.45) is 58.2 Å². The number of fused-ring (bicyclic) bond motifs is 1. The molecule has 7 unspecified atom stereocenters. The molecule has 0 aliphatic heterocycles. The quantitative estimate of drug-likeness (QED) is 0.454. The third-order valence-corrected chi connectivity index (χ3v) is 8.93. The molecule has 0 nitrogen and oxygen atoms in total. The first-order valence-electron chi connectivity index (χ1n) is 11.5. The Hall–Kier alpha value is 0. The average molecular weight is 347 g/mol. The van der Waals surface area contributed by atoms with Crippen molar-refractivity contribution >= 4 is 0 Å². The van der Waals surface area contributed by atoms with E-state index in [9.17, 15) is 0 Å². The summed E-state index contributed by atoms with van der Waals surface area (Å²) in [7, 11) is 0. The summed E-state index contributed by atoms with van der Waals surface area (Å²) in [6.45, 7) is 20.1. The summed E-state index contributed by atoms with van der Waals surface area (Å²) in [5.41, 5.74) is 0.957. The van der Waals surface area contributed by atoms with E-state index in [-0.39, 0.29) is 0 Å². The van der Waals surface area contributed by atoms with Gasteiger partial charge in [-0.3, -0.25) is 0 Å². The lowest BCUT2D eigenvalue weighted by Gasteiger charge is -2.51. The van der Waals surface area contributed by atoms with Crippen molar-refractivity contribution in [3.05, 3.63) is 0 Å². The van der Waals surface area contributed by atoms with Gasteiger partial charge in [0.05, 0.1) is 0 Å². The van der Waals surface area contributed by atoms with Crippen LogP contribution in [0.4, 0.5) is 0 Å². The second kappa shape index (κ2) is 6.87. The third kappa shape index (κ3) is 4.14. The highest BCUT2D eigenvalue weighted by atomic mass is 14.5. The van der Waals surface area contributed by atoms with E-state index >= 15 is 0 Å². The topological polar surface area (TPSA) is 0 Å². The molecule has 3 aliphatic carbocycles. The van der Waals surface area contributed by atoms with Crippen LogP contribution >= 0.6 is 0 Å². The largest absolute Gasteiger partial charge is 0.0625 e. The van der Waals surface area contributed by atoms with Gasteiger partial charge in [0.2, 0.25) is 0 Å². The zero-order chi connectivity index (χ0) is 18.6. The van der Waals surface area contributed by atoms with Gasteiger partial charge in [0.25, 0.3) is 0 Å². The van der Waals surface area contributed by atoms with E-state index in [2.05, 4.69) is 55.4 Å². The highest BCUT2D eigenvalue weighted by Gasteiger charge is 2.48. The van der Waals surface area contributed by atoms with Gasteiger partial charge >= 0.3 is 0 Å². The summed E-state index contributed by atoms with van der Waals surface area (Å²) in [4.78, 5) is 0. The molecule has 0 bridgehead atoms. The molecule has 0 aromatic carbocycles. The number of rotatable bonds is 1. The molecular formula is C25H46. The molecule has 3 fully saturated rings. The minimum Gasteiger partial charge on any atom is -0.0625 e. The van der Waals surface area contributed by atoms with E-state index < -0.39 is 0 Å². The Kier molecular flexibility index (Phi) is 5.43. The molecule has 25 heavy (non-hydrogen) atoms. The van der Waals surface area contributed by atoms with Gasteiger partial charge in [-0.25, -0.2) is 0 Å².